The lowest BCUT2D eigenvalue weighted by molar-refractivity contribution is -0.157. The van der Waals surface area contributed by atoms with E-state index in [9.17, 15) is 19.8 Å². The normalized spacial score (nSPS) is 17.8. The Balaban J connectivity index is 1.68. The summed E-state index contributed by atoms with van der Waals surface area (Å²) < 4.78 is 4.83. The number of methoxy groups -OCH3 is 1. The van der Waals surface area contributed by atoms with Gasteiger partial charge >= 0.3 is 6.09 Å². The zero-order valence-corrected chi connectivity index (χ0v) is 25.9. The molecule has 9 nitrogen and oxygen atoms in total. The molecule has 0 aliphatic heterocycles. The Hall–Kier alpha value is -4.18. The number of alkyl carbamates (subject to hydrolysis) is 1. The standard InChI is InChI=1S/C35H44N4O5/c1-24(2)31(36-34(42)44-5)25(3)37-39(22-27-16-10-7-11-17-27)23-35(43,21-26-14-8-6-9-15-26)33(41)38(4)32-29-19-13-12-18-28(29)20-30(32)40/h6-19,24,30-32,37,40,43H,3,20-23H2,1-2,4-5H3,(H,36,42)/t30-,31+,32?,35+/m1/s1. The van der Waals surface area contributed by atoms with Crippen LogP contribution < -0.4 is 10.7 Å². The number of hydrogen-bond donors (Lipinski definition) is 4. The van der Waals surface area contributed by atoms with Crippen LogP contribution in [-0.4, -0.2) is 70.6 Å². The highest BCUT2D eigenvalue weighted by Crippen LogP contribution is 2.36. The molecule has 0 fully saturated rings. The summed E-state index contributed by atoms with van der Waals surface area (Å²) in [6.45, 7) is 8.31. The molecule has 3 aromatic carbocycles. The first-order chi connectivity index (χ1) is 21.0. The lowest BCUT2D eigenvalue weighted by atomic mass is 9.91. The summed E-state index contributed by atoms with van der Waals surface area (Å²) in [4.78, 5) is 28.0. The molecule has 0 saturated heterocycles. The third-order valence-electron chi connectivity index (χ3n) is 8.11. The number of ether oxygens (including phenoxy) is 1. The van der Waals surface area contributed by atoms with E-state index in [1.807, 2.05) is 98.8 Å². The minimum Gasteiger partial charge on any atom is -0.453 e. The van der Waals surface area contributed by atoms with E-state index >= 15 is 0 Å². The summed E-state index contributed by atoms with van der Waals surface area (Å²) in [5.74, 6) is -0.548. The molecule has 1 unspecified atom stereocenters. The van der Waals surface area contributed by atoms with Crippen LogP contribution in [0.2, 0.25) is 0 Å². The Morgan fingerprint density at radius 1 is 1.00 bits per heavy atom. The Labute approximate surface area is 260 Å². The Morgan fingerprint density at radius 2 is 1.59 bits per heavy atom. The molecule has 4 N–H and O–H groups in total. The summed E-state index contributed by atoms with van der Waals surface area (Å²) in [7, 11) is 2.94. The lowest BCUT2D eigenvalue weighted by Crippen LogP contribution is -2.59. The van der Waals surface area contributed by atoms with Gasteiger partial charge in [-0.05, 0) is 28.2 Å². The second-order valence-corrected chi connectivity index (χ2v) is 11.9. The van der Waals surface area contributed by atoms with Crippen molar-refractivity contribution >= 4 is 12.0 Å². The van der Waals surface area contributed by atoms with Gasteiger partial charge in [0.2, 0.25) is 0 Å². The summed E-state index contributed by atoms with van der Waals surface area (Å²) in [6.07, 6.45) is -0.915. The molecule has 1 aliphatic rings. The monoisotopic (exact) mass is 600 g/mol. The van der Waals surface area contributed by atoms with Gasteiger partial charge in [-0.2, -0.15) is 0 Å². The predicted octanol–water partition coefficient (Wildman–Crippen LogP) is 3.98. The summed E-state index contributed by atoms with van der Waals surface area (Å²) >= 11 is 0. The van der Waals surface area contributed by atoms with Crippen molar-refractivity contribution < 1.29 is 24.5 Å². The molecule has 234 valence electrons. The number of carbonyl (C=O) groups excluding carboxylic acids is 2. The predicted molar refractivity (Wildman–Crippen MR) is 170 cm³/mol. The Bertz CT molecular complexity index is 1420. The van der Waals surface area contributed by atoms with Crippen molar-refractivity contribution in [2.75, 3.05) is 20.7 Å². The second kappa shape index (κ2) is 14.5. The number of carbonyl (C=O) groups is 2. The van der Waals surface area contributed by atoms with Gasteiger partial charge < -0.3 is 30.6 Å². The number of benzene rings is 3. The van der Waals surface area contributed by atoms with Crippen molar-refractivity contribution in [3.63, 3.8) is 0 Å². The topological polar surface area (TPSA) is 114 Å². The largest absolute Gasteiger partial charge is 0.453 e. The van der Waals surface area contributed by atoms with Gasteiger partial charge in [0.1, 0.15) is 0 Å². The van der Waals surface area contributed by atoms with Crippen molar-refractivity contribution in [1.29, 1.82) is 0 Å². The number of likely N-dealkylation sites (N-methyl/N-ethyl adjacent to an activating group) is 1. The van der Waals surface area contributed by atoms with Gasteiger partial charge in [0.15, 0.2) is 5.60 Å². The third kappa shape index (κ3) is 7.85. The molecule has 0 saturated carbocycles. The van der Waals surface area contributed by atoms with Crippen molar-refractivity contribution in [3.05, 3.63) is 119 Å². The Morgan fingerprint density at radius 3 is 2.20 bits per heavy atom. The summed E-state index contributed by atoms with van der Waals surface area (Å²) in [6, 6.07) is 25.7. The zero-order valence-electron chi connectivity index (χ0n) is 25.9. The van der Waals surface area contributed by atoms with Crippen LogP contribution in [0.3, 0.4) is 0 Å². The molecule has 4 atom stereocenters. The van der Waals surface area contributed by atoms with Crippen LogP contribution in [0, 0.1) is 5.92 Å². The minimum atomic E-state index is -1.90. The van der Waals surface area contributed by atoms with Crippen LogP contribution in [0.5, 0.6) is 0 Å². The van der Waals surface area contributed by atoms with Gasteiger partial charge in [0, 0.05) is 32.1 Å². The molecular weight excluding hydrogens is 556 g/mol. The molecule has 44 heavy (non-hydrogen) atoms. The molecule has 0 aromatic heterocycles. The van der Waals surface area contributed by atoms with Crippen molar-refractivity contribution in [2.24, 2.45) is 5.92 Å². The van der Waals surface area contributed by atoms with Gasteiger partial charge in [-0.15, -0.1) is 0 Å². The zero-order chi connectivity index (χ0) is 31.9. The van der Waals surface area contributed by atoms with Gasteiger partial charge in [-0.25, -0.2) is 9.80 Å². The second-order valence-electron chi connectivity index (χ2n) is 11.9. The first-order valence-corrected chi connectivity index (χ1v) is 14.9. The maximum Gasteiger partial charge on any atom is 0.407 e. The molecular formula is C35H44N4O5. The van der Waals surface area contributed by atoms with E-state index in [1.54, 1.807) is 12.1 Å². The van der Waals surface area contributed by atoms with Crippen LogP contribution in [0.1, 0.15) is 42.1 Å². The van der Waals surface area contributed by atoms with E-state index in [2.05, 4.69) is 17.3 Å². The SMILES string of the molecule is C=C(NN(Cc1ccccc1)C[C@@](O)(Cc1ccccc1)C(=O)N(C)C1c2ccccc2C[C@H]1O)[C@@H](NC(=O)OC)C(C)C. The number of hydrogen-bond acceptors (Lipinski definition) is 7. The van der Waals surface area contributed by atoms with Crippen LogP contribution >= 0.6 is 0 Å². The number of hydrazine groups is 1. The average Bonchev–Trinajstić information content (AvgIpc) is 3.35. The van der Waals surface area contributed by atoms with Gasteiger partial charge in [-0.3, -0.25) is 4.79 Å². The van der Waals surface area contributed by atoms with E-state index in [4.69, 9.17) is 4.74 Å². The molecule has 0 radical (unpaired) electrons. The van der Waals surface area contributed by atoms with Crippen molar-refractivity contribution in [2.45, 2.75) is 57.0 Å². The quantitative estimate of drug-likeness (QED) is 0.220. The molecule has 1 aliphatic carbocycles. The van der Waals surface area contributed by atoms with E-state index in [1.165, 1.54) is 12.0 Å². The highest BCUT2D eigenvalue weighted by Gasteiger charge is 2.45. The maximum absolute atomic E-state index is 14.4. The van der Waals surface area contributed by atoms with Gasteiger partial charge in [-0.1, -0.05) is 105 Å². The van der Waals surface area contributed by atoms with Gasteiger partial charge in [0.25, 0.3) is 5.91 Å². The number of aliphatic hydroxyl groups is 2. The third-order valence-corrected chi connectivity index (χ3v) is 8.11. The van der Waals surface area contributed by atoms with Crippen molar-refractivity contribution in [1.82, 2.24) is 20.7 Å². The number of nitrogens with zero attached hydrogens (tertiary/aromatic N) is 2. The number of amides is 2. The fourth-order valence-corrected chi connectivity index (χ4v) is 5.98. The van der Waals surface area contributed by atoms with Crippen molar-refractivity contribution in [3.8, 4) is 0 Å². The highest BCUT2D eigenvalue weighted by atomic mass is 16.5. The average molecular weight is 601 g/mol. The molecule has 9 heteroatoms. The van der Waals surface area contributed by atoms with Crippen LogP contribution in [0.15, 0.2) is 97.2 Å². The fraction of sp³-hybridized carbons (Fsp3) is 0.371. The molecule has 0 bridgehead atoms. The minimum absolute atomic E-state index is 0.0347. The van der Waals surface area contributed by atoms with E-state index in [0.717, 1.165) is 22.3 Å². The number of aliphatic hydroxyl groups excluding tert-OH is 1. The number of fused-ring (bicyclic) bond motifs is 1. The molecule has 0 spiro atoms. The van der Waals surface area contributed by atoms with Crippen LogP contribution in [0.25, 0.3) is 0 Å². The van der Waals surface area contributed by atoms with E-state index < -0.39 is 35.8 Å². The van der Waals surface area contributed by atoms with Crippen LogP contribution in [-0.2, 0) is 28.9 Å². The summed E-state index contributed by atoms with van der Waals surface area (Å²) in [5, 5.41) is 28.0. The highest BCUT2D eigenvalue weighted by molar-refractivity contribution is 5.86. The van der Waals surface area contributed by atoms with Crippen LogP contribution in [0.4, 0.5) is 4.79 Å². The molecule has 0 heterocycles. The maximum atomic E-state index is 14.4. The van der Waals surface area contributed by atoms with E-state index in [-0.39, 0.29) is 18.9 Å². The number of nitrogens with one attached hydrogen (secondary N) is 2. The molecule has 3 aromatic rings. The van der Waals surface area contributed by atoms with E-state index in [0.29, 0.717) is 18.7 Å². The molecule has 4 rings (SSSR count). The fourth-order valence-electron chi connectivity index (χ4n) is 5.98. The first-order valence-electron chi connectivity index (χ1n) is 14.9. The lowest BCUT2D eigenvalue weighted by Gasteiger charge is -2.40. The molecule has 2 amide bonds. The number of rotatable bonds is 13. The smallest absolute Gasteiger partial charge is 0.407 e. The van der Waals surface area contributed by atoms with Gasteiger partial charge in [0.05, 0.1) is 31.8 Å². The first kappa shape index (κ1) is 32.7. The Kier molecular flexibility index (Phi) is 10.8. The summed E-state index contributed by atoms with van der Waals surface area (Å²) in [5.41, 5.74) is 5.45.